The Morgan fingerprint density at radius 3 is 2.30 bits per heavy atom. The van der Waals surface area contributed by atoms with Gasteiger partial charge in [-0.25, -0.2) is 0 Å². The number of carbonyl (C=O) groups is 3. The van der Waals surface area contributed by atoms with Gasteiger partial charge in [-0.3, -0.25) is 14.4 Å². The predicted molar refractivity (Wildman–Crippen MR) is 142 cm³/mol. The Bertz CT molecular complexity index is 1080. The first-order valence-corrected chi connectivity index (χ1v) is 12.8. The molecule has 3 N–H and O–H groups in total. The van der Waals surface area contributed by atoms with Gasteiger partial charge in [0, 0.05) is 30.7 Å². The molecule has 0 saturated carbocycles. The van der Waals surface area contributed by atoms with Crippen molar-refractivity contribution in [2.24, 2.45) is 5.41 Å². The number of likely N-dealkylation sites (tertiary alicyclic amines) is 1. The highest BCUT2D eigenvalue weighted by atomic mass is 16.5. The molecule has 1 heterocycles. The number of esters is 1. The molecule has 3 rings (SSSR count). The number of aliphatic hydroxyl groups excluding tert-OH is 1. The summed E-state index contributed by atoms with van der Waals surface area (Å²) >= 11 is 0. The minimum atomic E-state index is -0.781. The van der Waals surface area contributed by atoms with Crippen molar-refractivity contribution in [1.82, 2.24) is 15.5 Å². The van der Waals surface area contributed by atoms with E-state index in [4.69, 9.17) is 4.74 Å². The Morgan fingerprint density at radius 1 is 1.03 bits per heavy atom. The Labute approximate surface area is 219 Å². The van der Waals surface area contributed by atoms with Crippen LogP contribution in [0.1, 0.15) is 69.5 Å². The molecule has 2 aromatic rings. The lowest BCUT2D eigenvalue weighted by atomic mass is 9.97. The molecule has 1 fully saturated rings. The van der Waals surface area contributed by atoms with Crippen molar-refractivity contribution in [3.63, 3.8) is 0 Å². The smallest absolute Gasteiger partial charge is 0.316 e. The number of β-amino-alcohol motifs (C(OH)–C–C–N with tert-alkyl or cyclic N) is 1. The Hall–Kier alpha value is -3.23. The highest BCUT2D eigenvalue weighted by molar-refractivity contribution is 5.97. The Kier molecular flexibility index (Phi) is 9.10. The molecular formula is C29H39N3O5. The van der Waals surface area contributed by atoms with Crippen LogP contribution in [0, 0.1) is 5.41 Å². The maximum Gasteiger partial charge on any atom is 0.316 e. The lowest BCUT2D eigenvalue weighted by Crippen LogP contribution is -2.53. The van der Waals surface area contributed by atoms with Gasteiger partial charge in [0.25, 0.3) is 5.91 Å². The maximum atomic E-state index is 13.0. The largest absolute Gasteiger partial charge is 0.426 e. The fourth-order valence-corrected chi connectivity index (χ4v) is 4.03. The van der Waals surface area contributed by atoms with E-state index in [0.29, 0.717) is 36.4 Å². The van der Waals surface area contributed by atoms with Gasteiger partial charge in [-0.2, -0.15) is 0 Å². The second-order valence-electron chi connectivity index (χ2n) is 11.2. The summed E-state index contributed by atoms with van der Waals surface area (Å²) in [5.41, 5.74) is 0.171. The molecule has 200 valence electrons. The van der Waals surface area contributed by atoms with Crippen molar-refractivity contribution in [2.45, 2.75) is 65.1 Å². The van der Waals surface area contributed by atoms with Gasteiger partial charge in [0.15, 0.2) is 0 Å². The van der Waals surface area contributed by atoms with Crippen LogP contribution in [0.3, 0.4) is 0 Å². The van der Waals surface area contributed by atoms with Gasteiger partial charge in [-0.1, -0.05) is 30.3 Å². The lowest BCUT2D eigenvalue weighted by Gasteiger charge is -2.30. The Morgan fingerprint density at radius 2 is 1.68 bits per heavy atom. The minimum Gasteiger partial charge on any atom is -0.426 e. The number of carbonyl (C=O) groups excluding carboxylic acids is 3. The topological polar surface area (TPSA) is 108 Å². The van der Waals surface area contributed by atoms with Crippen LogP contribution in [-0.4, -0.2) is 59.0 Å². The van der Waals surface area contributed by atoms with E-state index in [1.165, 1.54) is 0 Å². The van der Waals surface area contributed by atoms with E-state index in [1.54, 1.807) is 62.1 Å². The number of hydrogen-bond donors (Lipinski definition) is 3. The fourth-order valence-electron chi connectivity index (χ4n) is 4.03. The zero-order chi connectivity index (χ0) is 27.2. The summed E-state index contributed by atoms with van der Waals surface area (Å²) in [5.74, 6) is -0.189. The van der Waals surface area contributed by atoms with Gasteiger partial charge in [0.2, 0.25) is 5.91 Å². The third-order valence-corrected chi connectivity index (χ3v) is 6.40. The third-order valence-electron chi connectivity index (χ3n) is 6.40. The average molecular weight is 510 g/mol. The first-order valence-electron chi connectivity index (χ1n) is 12.8. The molecule has 1 aliphatic rings. The van der Waals surface area contributed by atoms with E-state index >= 15 is 0 Å². The van der Waals surface area contributed by atoms with Crippen molar-refractivity contribution in [1.29, 1.82) is 0 Å². The van der Waals surface area contributed by atoms with E-state index in [1.807, 2.05) is 32.0 Å². The van der Waals surface area contributed by atoms with Crippen LogP contribution in [0.4, 0.5) is 0 Å². The van der Waals surface area contributed by atoms with Gasteiger partial charge in [-0.05, 0) is 77.3 Å². The summed E-state index contributed by atoms with van der Waals surface area (Å²) < 4.78 is 5.37. The number of aliphatic hydroxyl groups is 1. The molecule has 2 atom stereocenters. The molecule has 8 nitrogen and oxygen atoms in total. The van der Waals surface area contributed by atoms with Crippen LogP contribution >= 0.6 is 0 Å². The van der Waals surface area contributed by atoms with Crippen molar-refractivity contribution in [2.75, 3.05) is 19.6 Å². The van der Waals surface area contributed by atoms with Crippen LogP contribution in [-0.2, 0) is 9.59 Å². The molecule has 0 aliphatic carbocycles. The molecule has 1 saturated heterocycles. The normalized spacial score (nSPS) is 16.8. The highest BCUT2D eigenvalue weighted by Gasteiger charge is 2.35. The van der Waals surface area contributed by atoms with Gasteiger partial charge < -0.3 is 25.4 Å². The van der Waals surface area contributed by atoms with Gasteiger partial charge in [0.1, 0.15) is 11.8 Å². The number of rotatable bonds is 9. The monoisotopic (exact) mass is 509 g/mol. The van der Waals surface area contributed by atoms with E-state index in [0.717, 1.165) is 6.42 Å². The van der Waals surface area contributed by atoms with Crippen molar-refractivity contribution < 1.29 is 24.2 Å². The van der Waals surface area contributed by atoms with Gasteiger partial charge >= 0.3 is 5.97 Å². The summed E-state index contributed by atoms with van der Waals surface area (Å²) in [7, 11) is 0. The molecule has 0 radical (unpaired) electrons. The third kappa shape index (κ3) is 7.87. The van der Waals surface area contributed by atoms with Crippen LogP contribution in [0.2, 0.25) is 0 Å². The molecule has 1 unspecified atom stereocenters. The van der Waals surface area contributed by atoms with E-state index in [-0.39, 0.29) is 24.3 Å². The lowest BCUT2D eigenvalue weighted by molar-refractivity contribution is -0.143. The number of benzene rings is 2. The quantitative estimate of drug-likeness (QED) is 0.353. The second-order valence-corrected chi connectivity index (χ2v) is 11.2. The highest BCUT2D eigenvalue weighted by Crippen LogP contribution is 2.23. The fraction of sp³-hybridized carbons (Fsp3) is 0.483. The van der Waals surface area contributed by atoms with E-state index in [2.05, 4.69) is 10.6 Å². The maximum absolute atomic E-state index is 13.0. The van der Waals surface area contributed by atoms with Crippen LogP contribution in [0.5, 0.6) is 5.75 Å². The minimum absolute atomic E-state index is 0.127. The van der Waals surface area contributed by atoms with Crippen molar-refractivity contribution in [3.05, 3.63) is 65.7 Å². The molecule has 0 spiro atoms. The molecule has 8 heteroatoms. The number of nitrogens with zero attached hydrogens (tertiary/aromatic N) is 1. The standard InChI is InChI=1S/C29H39N3O5/c1-28(2,3)27(36)37-22-15-13-20(14-16-22)24(33)18-31-29(4,5)19-30-25(34)23-12-9-17-32(23)26(35)21-10-7-6-8-11-21/h6-8,10-11,13-16,23-24,31,33H,9,12,17-19H2,1-5H3,(H,30,34)/t23-,24?/m0/s1. The summed E-state index contributed by atoms with van der Waals surface area (Å²) in [6, 6.07) is 15.3. The SMILES string of the molecule is CC(C)(CNC(=O)[C@@H]1CCCN1C(=O)c1ccccc1)NCC(O)c1ccc(OC(=O)C(C)(C)C)cc1. The Balaban J connectivity index is 1.48. The molecule has 1 aliphatic heterocycles. The number of nitrogens with one attached hydrogen (secondary N) is 2. The van der Waals surface area contributed by atoms with Crippen LogP contribution in [0.25, 0.3) is 0 Å². The van der Waals surface area contributed by atoms with Crippen molar-refractivity contribution in [3.8, 4) is 5.75 Å². The van der Waals surface area contributed by atoms with E-state index in [9.17, 15) is 19.5 Å². The average Bonchev–Trinajstić information content (AvgIpc) is 3.36. The summed E-state index contributed by atoms with van der Waals surface area (Å²) in [4.78, 5) is 39.5. The summed E-state index contributed by atoms with van der Waals surface area (Å²) in [5, 5.41) is 16.9. The molecular weight excluding hydrogens is 470 g/mol. The molecule has 2 aromatic carbocycles. The van der Waals surface area contributed by atoms with Crippen LogP contribution in [0.15, 0.2) is 54.6 Å². The first-order chi connectivity index (χ1) is 17.4. The molecule has 37 heavy (non-hydrogen) atoms. The van der Waals surface area contributed by atoms with Gasteiger partial charge in [0.05, 0.1) is 11.5 Å². The van der Waals surface area contributed by atoms with Crippen LogP contribution < -0.4 is 15.4 Å². The van der Waals surface area contributed by atoms with E-state index < -0.39 is 23.1 Å². The number of hydrogen-bond acceptors (Lipinski definition) is 6. The second kappa shape index (κ2) is 11.9. The zero-order valence-corrected chi connectivity index (χ0v) is 22.4. The molecule has 0 bridgehead atoms. The predicted octanol–water partition coefficient (Wildman–Crippen LogP) is 3.46. The van der Waals surface area contributed by atoms with Crippen molar-refractivity contribution >= 4 is 17.8 Å². The van der Waals surface area contributed by atoms with Gasteiger partial charge in [-0.15, -0.1) is 0 Å². The number of ether oxygens (including phenoxy) is 1. The zero-order valence-electron chi connectivity index (χ0n) is 22.4. The molecule has 0 aromatic heterocycles. The molecule has 2 amide bonds. The first kappa shape index (κ1) is 28.3. The summed E-state index contributed by atoms with van der Waals surface area (Å²) in [6.45, 7) is 10.4. The summed E-state index contributed by atoms with van der Waals surface area (Å²) in [6.07, 6.45) is 0.646. The number of amides is 2.